The van der Waals surface area contributed by atoms with Crippen molar-refractivity contribution < 1.29 is 5.21 Å². The van der Waals surface area contributed by atoms with Gasteiger partial charge in [0.05, 0.1) is 4.88 Å². The summed E-state index contributed by atoms with van der Waals surface area (Å²) in [6.45, 7) is 9.46. The van der Waals surface area contributed by atoms with Crippen molar-refractivity contribution in [2.45, 2.75) is 0 Å². The zero-order chi connectivity index (χ0) is 12.7. The number of hydrogen-bond donors (Lipinski definition) is 1. The van der Waals surface area contributed by atoms with E-state index in [1.807, 2.05) is 23.6 Å². The maximum Gasteiger partial charge on any atom is 0.111 e. The van der Waals surface area contributed by atoms with Gasteiger partial charge in [-0.2, -0.15) is 0 Å². The Labute approximate surface area is 114 Å². The molecule has 0 spiro atoms. The van der Waals surface area contributed by atoms with Gasteiger partial charge < -0.3 is 5.21 Å². The van der Waals surface area contributed by atoms with Gasteiger partial charge in [-0.25, -0.2) is 0 Å². The summed E-state index contributed by atoms with van der Waals surface area (Å²) in [5.74, 6) is 0. The Balaban J connectivity index is 2.74. The van der Waals surface area contributed by atoms with Crippen molar-refractivity contribution in [3.63, 3.8) is 0 Å². The average Bonchev–Trinajstić information content (AvgIpc) is 2.73. The second-order valence-corrected chi connectivity index (χ2v) is 5.27. The fraction of sp³-hybridized carbons (Fsp3) is 0.250. The first-order valence-corrected chi connectivity index (χ1v) is 6.78. The predicted octanol–water partition coefficient (Wildman–Crippen LogP) is 3.36. The molecule has 0 saturated heterocycles. The Morgan fingerprint density at radius 3 is 2.53 bits per heavy atom. The van der Waals surface area contributed by atoms with Crippen molar-refractivity contribution in [3.05, 3.63) is 46.1 Å². The third-order valence-corrected chi connectivity index (χ3v) is 3.86. The molecule has 0 aliphatic rings. The monoisotopic (exact) mass is 314 g/mol. The summed E-state index contributed by atoms with van der Waals surface area (Å²) in [5.41, 5.74) is 0.657. The molecule has 0 radical (unpaired) electrons. The molecule has 0 amide bonds. The lowest BCUT2D eigenvalue weighted by atomic mass is 10.2. The van der Waals surface area contributed by atoms with Crippen LogP contribution in [0.15, 0.2) is 46.4 Å². The fourth-order valence-electron chi connectivity index (χ4n) is 1.40. The van der Waals surface area contributed by atoms with Crippen molar-refractivity contribution >= 4 is 33.0 Å². The molecular formula is C12H15BrN2OS. The SMILES string of the molecule is C=CCN(CC=C)C/C(=N/O)c1cc(Br)cs1. The zero-order valence-corrected chi connectivity index (χ0v) is 11.9. The summed E-state index contributed by atoms with van der Waals surface area (Å²) in [5, 5.41) is 14.4. The van der Waals surface area contributed by atoms with Gasteiger partial charge in [0.2, 0.25) is 0 Å². The van der Waals surface area contributed by atoms with E-state index in [0.717, 1.165) is 22.4 Å². The lowest BCUT2D eigenvalue weighted by Gasteiger charge is -2.18. The van der Waals surface area contributed by atoms with Gasteiger partial charge in [-0.3, -0.25) is 4.90 Å². The van der Waals surface area contributed by atoms with Gasteiger partial charge in [0.1, 0.15) is 5.71 Å². The van der Waals surface area contributed by atoms with E-state index < -0.39 is 0 Å². The number of halogens is 1. The van der Waals surface area contributed by atoms with E-state index in [0.29, 0.717) is 12.3 Å². The van der Waals surface area contributed by atoms with Crippen molar-refractivity contribution in [2.24, 2.45) is 5.16 Å². The third-order valence-electron chi connectivity index (χ3n) is 2.12. The van der Waals surface area contributed by atoms with Crippen LogP contribution in [0.4, 0.5) is 0 Å². The van der Waals surface area contributed by atoms with Crippen LogP contribution >= 0.6 is 27.3 Å². The smallest absolute Gasteiger partial charge is 0.111 e. The van der Waals surface area contributed by atoms with Gasteiger partial charge in [-0.15, -0.1) is 24.5 Å². The Morgan fingerprint density at radius 2 is 2.12 bits per heavy atom. The van der Waals surface area contributed by atoms with Gasteiger partial charge in [-0.05, 0) is 22.0 Å². The Bertz CT molecular complexity index is 404. The van der Waals surface area contributed by atoms with Crippen molar-refractivity contribution in [1.29, 1.82) is 0 Å². The molecule has 0 unspecified atom stereocenters. The van der Waals surface area contributed by atoms with Crippen LogP contribution in [0.3, 0.4) is 0 Å². The largest absolute Gasteiger partial charge is 0.411 e. The van der Waals surface area contributed by atoms with Crippen LogP contribution in [-0.2, 0) is 0 Å². The highest BCUT2D eigenvalue weighted by Gasteiger charge is 2.11. The highest BCUT2D eigenvalue weighted by Crippen LogP contribution is 2.20. The summed E-state index contributed by atoms with van der Waals surface area (Å²) < 4.78 is 0.998. The van der Waals surface area contributed by atoms with Crippen LogP contribution in [-0.4, -0.2) is 35.5 Å². The standard InChI is InChI=1S/C12H15BrN2OS/c1-3-5-15(6-4-2)8-11(14-16)12-7-10(13)9-17-12/h3-4,7,9,16H,1-2,5-6,8H2/b14-11-. The number of thiophene rings is 1. The molecule has 0 fully saturated rings. The summed E-state index contributed by atoms with van der Waals surface area (Å²) in [6, 6.07) is 1.94. The van der Waals surface area contributed by atoms with E-state index >= 15 is 0 Å². The minimum Gasteiger partial charge on any atom is -0.411 e. The Kier molecular flexibility index (Phi) is 6.18. The molecule has 0 atom stereocenters. The van der Waals surface area contributed by atoms with Gasteiger partial charge >= 0.3 is 0 Å². The van der Waals surface area contributed by atoms with Crippen molar-refractivity contribution in [2.75, 3.05) is 19.6 Å². The second-order valence-electron chi connectivity index (χ2n) is 3.45. The van der Waals surface area contributed by atoms with E-state index in [-0.39, 0.29) is 0 Å². The second kappa shape index (κ2) is 7.42. The normalized spacial score (nSPS) is 11.8. The van der Waals surface area contributed by atoms with Crippen LogP contribution in [0.25, 0.3) is 0 Å². The molecule has 17 heavy (non-hydrogen) atoms. The molecule has 5 heteroatoms. The summed E-state index contributed by atoms with van der Waals surface area (Å²) in [7, 11) is 0. The molecule has 0 bridgehead atoms. The van der Waals surface area contributed by atoms with Crippen molar-refractivity contribution in [1.82, 2.24) is 4.90 Å². The maximum absolute atomic E-state index is 9.08. The van der Waals surface area contributed by atoms with E-state index in [9.17, 15) is 0 Å². The topological polar surface area (TPSA) is 35.8 Å². The van der Waals surface area contributed by atoms with E-state index in [2.05, 4.69) is 39.1 Å². The quantitative estimate of drug-likeness (QED) is 0.362. The van der Waals surface area contributed by atoms with E-state index in [1.165, 1.54) is 0 Å². The lowest BCUT2D eigenvalue weighted by molar-refractivity contribution is 0.311. The molecule has 3 nitrogen and oxygen atoms in total. The van der Waals surface area contributed by atoms with Gasteiger partial charge in [-0.1, -0.05) is 17.3 Å². The van der Waals surface area contributed by atoms with Gasteiger partial charge in [0.15, 0.2) is 0 Å². The highest BCUT2D eigenvalue weighted by atomic mass is 79.9. The Hall–Kier alpha value is -0.910. The first-order valence-electron chi connectivity index (χ1n) is 5.10. The van der Waals surface area contributed by atoms with Gasteiger partial charge in [0, 0.05) is 29.5 Å². The van der Waals surface area contributed by atoms with Crippen LogP contribution < -0.4 is 0 Å². The molecule has 1 rings (SSSR count). The number of hydrogen-bond acceptors (Lipinski definition) is 4. The first-order chi connectivity index (χ1) is 8.21. The molecule has 1 aromatic rings. The molecule has 0 aromatic carbocycles. The Morgan fingerprint density at radius 1 is 1.47 bits per heavy atom. The number of oxime groups is 1. The van der Waals surface area contributed by atoms with Crippen LogP contribution in [0.1, 0.15) is 4.88 Å². The lowest BCUT2D eigenvalue weighted by Crippen LogP contribution is -2.30. The van der Waals surface area contributed by atoms with E-state index in [1.54, 1.807) is 11.3 Å². The van der Waals surface area contributed by atoms with Crippen molar-refractivity contribution in [3.8, 4) is 0 Å². The molecule has 0 aliphatic heterocycles. The summed E-state index contributed by atoms with van der Waals surface area (Å²) in [4.78, 5) is 3.04. The number of nitrogens with zero attached hydrogens (tertiary/aromatic N) is 2. The maximum atomic E-state index is 9.08. The molecule has 1 N–H and O–H groups in total. The molecular weight excluding hydrogens is 300 g/mol. The minimum atomic E-state index is 0.571. The van der Waals surface area contributed by atoms with E-state index in [4.69, 9.17) is 5.21 Å². The fourth-order valence-corrected chi connectivity index (χ4v) is 2.81. The van der Waals surface area contributed by atoms with Crippen LogP contribution in [0.5, 0.6) is 0 Å². The summed E-state index contributed by atoms with van der Waals surface area (Å²) >= 11 is 4.93. The molecule has 0 saturated carbocycles. The van der Waals surface area contributed by atoms with Crippen LogP contribution in [0, 0.1) is 0 Å². The third kappa shape index (κ3) is 4.46. The highest BCUT2D eigenvalue weighted by molar-refractivity contribution is 9.10. The zero-order valence-electron chi connectivity index (χ0n) is 9.47. The minimum absolute atomic E-state index is 0.571. The first kappa shape index (κ1) is 14.2. The molecule has 1 aromatic heterocycles. The summed E-state index contributed by atoms with van der Waals surface area (Å²) in [6.07, 6.45) is 3.64. The predicted molar refractivity (Wildman–Crippen MR) is 77.2 cm³/mol. The average molecular weight is 315 g/mol. The van der Waals surface area contributed by atoms with Gasteiger partial charge in [0.25, 0.3) is 0 Å². The molecule has 92 valence electrons. The van der Waals surface area contributed by atoms with Crippen LogP contribution in [0.2, 0.25) is 0 Å². The molecule has 0 aliphatic carbocycles. The number of rotatable bonds is 7. The molecule has 1 heterocycles.